The second kappa shape index (κ2) is 7.47. The fraction of sp³-hybridized carbons (Fsp3) is 0.529. The minimum Gasteiger partial charge on any atom is -0.384 e. The fourth-order valence-electron chi connectivity index (χ4n) is 2.55. The normalized spacial score (nSPS) is 23.7. The van der Waals surface area contributed by atoms with Crippen molar-refractivity contribution in [3.05, 3.63) is 35.2 Å². The summed E-state index contributed by atoms with van der Waals surface area (Å²) < 4.78 is 27.1. The number of hydrogen-bond acceptors (Lipinski definition) is 2. The van der Waals surface area contributed by atoms with Gasteiger partial charge in [0.25, 0.3) is 0 Å². The molecule has 120 valence electrons. The van der Waals surface area contributed by atoms with Crippen LogP contribution in [0.3, 0.4) is 0 Å². The standard InChI is InChI=1S/C17H22F2N2O/c1-2-6-21-16(20)10-15(17(22)11-4-3-5-11)12-7-13(18)9-14(19)8-12/h7,9-11,14H,2-6,8H2,1H3,(H2,20,21)/b15-10-/t14-/m0/s1. The summed E-state index contributed by atoms with van der Waals surface area (Å²) in [6, 6.07) is 0. The lowest BCUT2D eigenvalue weighted by molar-refractivity contribution is -0.121. The second-order valence-corrected chi connectivity index (χ2v) is 5.80. The minimum absolute atomic E-state index is 0.00122. The second-order valence-electron chi connectivity index (χ2n) is 5.80. The van der Waals surface area contributed by atoms with Crippen molar-refractivity contribution >= 4 is 11.6 Å². The largest absolute Gasteiger partial charge is 0.384 e. The van der Waals surface area contributed by atoms with Gasteiger partial charge in [-0.3, -0.25) is 9.79 Å². The van der Waals surface area contributed by atoms with E-state index in [0.717, 1.165) is 31.8 Å². The summed E-state index contributed by atoms with van der Waals surface area (Å²) in [5.74, 6) is -0.548. The maximum atomic E-state index is 13.6. The number of rotatable bonds is 6. The van der Waals surface area contributed by atoms with Gasteiger partial charge in [-0.2, -0.15) is 0 Å². The summed E-state index contributed by atoms with van der Waals surface area (Å²) in [6.07, 6.45) is 5.72. The Morgan fingerprint density at radius 3 is 2.77 bits per heavy atom. The van der Waals surface area contributed by atoms with Gasteiger partial charge in [0.15, 0.2) is 5.78 Å². The number of ketones is 1. The van der Waals surface area contributed by atoms with Gasteiger partial charge in [0, 0.05) is 24.5 Å². The lowest BCUT2D eigenvalue weighted by Crippen LogP contribution is -2.26. The predicted molar refractivity (Wildman–Crippen MR) is 84.0 cm³/mol. The molecule has 1 atom stereocenters. The number of allylic oxidation sites excluding steroid dienone is 5. The molecule has 3 nitrogen and oxygen atoms in total. The molecule has 2 aliphatic rings. The van der Waals surface area contributed by atoms with Crippen molar-refractivity contribution in [2.45, 2.75) is 45.2 Å². The first-order valence-electron chi connectivity index (χ1n) is 7.79. The number of amidine groups is 1. The van der Waals surface area contributed by atoms with Crippen LogP contribution < -0.4 is 5.73 Å². The van der Waals surface area contributed by atoms with Gasteiger partial charge >= 0.3 is 0 Å². The van der Waals surface area contributed by atoms with Gasteiger partial charge in [0.2, 0.25) is 0 Å². The molecule has 22 heavy (non-hydrogen) atoms. The van der Waals surface area contributed by atoms with E-state index in [1.165, 1.54) is 12.2 Å². The highest BCUT2D eigenvalue weighted by Gasteiger charge is 2.30. The van der Waals surface area contributed by atoms with Crippen LogP contribution in [0.15, 0.2) is 40.2 Å². The van der Waals surface area contributed by atoms with Crippen LogP contribution in [-0.4, -0.2) is 24.3 Å². The Morgan fingerprint density at radius 1 is 1.50 bits per heavy atom. The predicted octanol–water partition coefficient (Wildman–Crippen LogP) is 3.57. The van der Waals surface area contributed by atoms with Crippen LogP contribution in [0, 0.1) is 5.92 Å². The fourth-order valence-corrected chi connectivity index (χ4v) is 2.55. The molecule has 0 aliphatic heterocycles. The third-order valence-electron chi connectivity index (χ3n) is 3.96. The summed E-state index contributed by atoms with van der Waals surface area (Å²) in [4.78, 5) is 16.7. The topological polar surface area (TPSA) is 55.4 Å². The Bertz CT molecular complexity index is 557. The van der Waals surface area contributed by atoms with Crippen molar-refractivity contribution in [1.82, 2.24) is 0 Å². The van der Waals surface area contributed by atoms with Gasteiger partial charge in [-0.15, -0.1) is 0 Å². The third-order valence-corrected chi connectivity index (χ3v) is 3.96. The van der Waals surface area contributed by atoms with Crippen molar-refractivity contribution in [2.24, 2.45) is 16.6 Å². The zero-order valence-corrected chi connectivity index (χ0v) is 12.8. The molecular weight excluding hydrogens is 286 g/mol. The highest BCUT2D eigenvalue weighted by atomic mass is 19.1. The van der Waals surface area contributed by atoms with Crippen molar-refractivity contribution in [3.8, 4) is 0 Å². The molecule has 0 unspecified atom stereocenters. The van der Waals surface area contributed by atoms with Crippen LogP contribution in [0.2, 0.25) is 0 Å². The van der Waals surface area contributed by atoms with Gasteiger partial charge in [-0.05, 0) is 43.1 Å². The zero-order valence-electron chi connectivity index (χ0n) is 12.8. The van der Waals surface area contributed by atoms with Crippen LogP contribution in [0.5, 0.6) is 0 Å². The van der Waals surface area contributed by atoms with Gasteiger partial charge in [-0.1, -0.05) is 13.3 Å². The molecule has 1 fully saturated rings. The van der Waals surface area contributed by atoms with Crippen LogP contribution in [0.4, 0.5) is 8.78 Å². The molecule has 0 aromatic heterocycles. The van der Waals surface area contributed by atoms with Crippen molar-refractivity contribution in [2.75, 3.05) is 6.54 Å². The van der Waals surface area contributed by atoms with Crippen LogP contribution in [0.25, 0.3) is 0 Å². The Balaban J connectivity index is 2.31. The zero-order chi connectivity index (χ0) is 16.1. The maximum absolute atomic E-state index is 13.6. The average molecular weight is 308 g/mol. The molecule has 0 aromatic carbocycles. The highest BCUT2D eigenvalue weighted by Crippen LogP contribution is 2.34. The molecule has 1 saturated carbocycles. The summed E-state index contributed by atoms with van der Waals surface area (Å²) in [5.41, 5.74) is 6.51. The molecule has 0 saturated heterocycles. The first-order chi connectivity index (χ1) is 10.5. The molecule has 0 radical (unpaired) electrons. The smallest absolute Gasteiger partial charge is 0.166 e. The molecule has 0 heterocycles. The first-order valence-corrected chi connectivity index (χ1v) is 7.79. The molecule has 5 heteroatoms. The van der Waals surface area contributed by atoms with Gasteiger partial charge in [-0.25, -0.2) is 8.78 Å². The minimum atomic E-state index is -1.41. The molecule has 0 spiro atoms. The summed E-state index contributed by atoms with van der Waals surface area (Å²) in [6.45, 7) is 2.53. The van der Waals surface area contributed by atoms with Gasteiger partial charge in [0.05, 0.1) is 0 Å². The Kier molecular flexibility index (Phi) is 5.63. The number of alkyl halides is 1. The highest BCUT2D eigenvalue weighted by molar-refractivity contribution is 6.07. The van der Waals surface area contributed by atoms with Crippen molar-refractivity contribution in [1.29, 1.82) is 0 Å². The summed E-state index contributed by atoms with van der Waals surface area (Å²) in [5, 5.41) is 0. The lowest BCUT2D eigenvalue weighted by Gasteiger charge is -2.26. The van der Waals surface area contributed by atoms with Crippen LogP contribution in [-0.2, 0) is 4.79 Å². The number of nitrogens with zero attached hydrogens (tertiary/aromatic N) is 1. The molecule has 0 bridgehead atoms. The maximum Gasteiger partial charge on any atom is 0.166 e. The van der Waals surface area contributed by atoms with Crippen LogP contribution >= 0.6 is 0 Å². The van der Waals surface area contributed by atoms with E-state index >= 15 is 0 Å². The molecular formula is C17H22F2N2O. The van der Waals surface area contributed by atoms with E-state index in [2.05, 4.69) is 4.99 Å². The Hall–Kier alpha value is -1.78. The summed E-state index contributed by atoms with van der Waals surface area (Å²) in [7, 11) is 0. The van der Waals surface area contributed by atoms with E-state index in [0.29, 0.717) is 17.7 Å². The molecule has 0 amide bonds. The van der Waals surface area contributed by atoms with E-state index in [4.69, 9.17) is 5.73 Å². The SMILES string of the molecule is CCCN=C(N)/C=C(\C(=O)C1CCC1)C1=CC(F)=C[C@@H](F)C1. The monoisotopic (exact) mass is 308 g/mol. The van der Waals surface area contributed by atoms with E-state index in [-0.39, 0.29) is 24.0 Å². The number of carbonyl (C=O) groups is 1. The van der Waals surface area contributed by atoms with E-state index in [1.807, 2.05) is 6.92 Å². The number of nitrogens with two attached hydrogens (primary N) is 1. The molecule has 0 aromatic rings. The quantitative estimate of drug-likeness (QED) is 0.463. The average Bonchev–Trinajstić information content (AvgIpc) is 2.39. The third kappa shape index (κ3) is 4.12. The summed E-state index contributed by atoms with van der Waals surface area (Å²) >= 11 is 0. The number of hydrogen-bond donors (Lipinski definition) is 1. The van der Waals surface area contributed by atoms with Gasteiger partial charge in [0.1, 0.15) is 17.8 Å². The van der Waals surface area contributed by atoms with E-state index in [1.54, 1.807) is 0 Å². The molecule has 2 N–H and O–H groups in total. The first kappa shape index (κ1) is 16.6. The van der Waals surface area contributed by atoms with E-state index < -0.39 is 12.0 Å². The molecule has 2 aliphatic carbocycles. The Labute approximate surface area is 129 Å². The number of Topliss-reactive ketones (excluding diaryl/α,β-unsaturated/α-hetero) is 1. The Morgan fingerprint density at radius 2 is 2.23 bits per heavy atom. The van der Waals surface area contributed by atoms with Crippen LogP contribution in [0.1, 0.15) is 39.0 Å². The lowest BCUT2D eigenvalue weighted by atomic mass is 9.77. The molecule has 2 rings (SSSR count). The van der Waals surface area contributed by atoms with Crippen molar-refractivity contribution < 1.29 is 13.6 Å². The number of carbonyl (C=O) groups excluding carboxylic acids is 1. The van der Waals surface area contributed by atoms with E-state index in [9.17, 15) is 13.6 Å². The number of aliphatic imine (C=N–C) groups is 1. The number of halogens is 2. The van der Waals surface area contributed by atoms with Crippen molar-refractivity contribution in [3.63, 3.8) is 0 Å². The van der Waals surface area contributed by atoms with Gasteiger partial charge < -0.3 is 5.73 Å².